The molecule has 0 fully saturated rings. The molecular formula is C18H28FN3O2. The van der Waals surface area contributed by atoms with Crippen molar-refractivity contribution in [2.75, 3.05) is 7.11 Å². The first-order valence-electron chi connectivity index (χ1n) is 8.35. The summed E-state index contributed by atoms with van der Waals surface area (Å²) in [5, 5.41) is 5.29. The standard InChI is InChI=1S/C18H28FN3O2/c1-11-8-9-14(18(4,5)10-11)13(3)22(24-7)17(23)15-12(2)20-21(6)16(15)19/h10,13-14H,8-9H2,1-7H3. The zero-order valence-electron chi connectivity index (χ0n) is 15.7. The SMILES string of the molecule is CON(C(=O)c1c(C)nn(C)c1F)C(C)C1CCC(C)=CC1(C)C. The van der Waals surface area contributed by atoms with Crippen molar-refractivity contribution in [3.05, 3.63) is 28.9 Å². The van der Waals surface area contributed by atoms with E-state index in [0.29, 0.717) is 5.69 Å². The minimum Gasteiger partial charge on any atom is -0.274 e. The molecule has 0 bridgehead atoms. The molecule has 1 aromatic heterocycles. The highest BCUT2D eigenvalue weighted by molar-refractivity contribution is 5.94. The van der Waals surface area contributed by atoms with Gasteiger partial charge in [-0.3, -0.25) is 9.63 Å². The summed E-state index contributed by atoms with van der Waals surface area (Å²) >= 11 is 0. The van der Waals surface area contributed by atoms with E-state index in [1.54, 1.807) is 6.92 Å². The number of carbonyl (C=O) groups excluding carboxylic acids is 1. The molecule has 0 spiro atoms. The predicted molar refractivity (Wildman–Crippen MR) is 90.8 cm³/mol. The molecule has 24 heavy (non-hydrogen) atoms. The molecule has 0 saturated heterocycles. The number of aromatic nitrogens is 2. The molecule has 2 rings (SSSR count). The van der Waals surface area contributed by atoms with Gasteiger partial charge in [0.2, 0.25) is 5.95 Å². The second-order valence-corrected chi connectivity index (χ2v) is 7.39. The van der Waals surface area contributed by atoms with E-state index in [4.69, 9.17) is 4.84 Å². The Kier molecular flexibility index (Phi) is 5.18. The fourth-order valence-corrected chi connectivity index (χ4v) is 4.01. The van der Waals surface area contributed by atoms with Crippen molar-refractivity contribution in [3.8, 4) is 0 Å². The quantitative estimate of drug-likeness (QED) is 0.622. The molecule has 134 valence electrons. The molecule has 0 saturated carbocycles. The molecule has 6 heteroatoms. The fraction of sp³-hybridized carbons (Fsp3) is 0.667. The summed E-state index contributed by atoms with van der Waals surface area (Å²) < 4.78 is 15.3. The normalized spacial score (nSPS) is 21.3. The van der Waals surface area contributed by atoms with Crippen LogP contribution in [-0.2, 0) is 11.9 Å². The van der Waals surface area contributed by atoms with E-state index in [9.17, 15) is 9.18 Å². The van der Waals surface area contributed by atoms with Gasteiger partial charge in [-0.25, -0.2) is 9.75 Å². The van der Waals surface area contributed by atoms with Crippen LogP contribution < -0.4 is 0 Å². The first-order valence-corrected chi connectivity index (χ1v) is 8.35. The van der Waals surface area contributed by atoms with Crippen LogP contribution in [0.4, 0.5) is 4.39 Å². The lowest BCUT2D eigenvalue weighted by Crippen LogP contribution is -2.47. The Morgan fingerprint density at radius 2 is 2.12 bits per heavy atom. The number of halogens is 1. The summed E-state index contributed by atoms with van der Waals surface area (Å²) in [6.45, 7) is 10.1. The van der Waals surface area contributed by atoms with Crippen LogP contribution in [-0.4, -0.2) is 33.9 Å². The smallest absolute Gasteiger partial charge is 0.274 e. The number of hydroxylamine groups is 2. The summed E-state index contributed by atoms with van der Waals surface area (Å²) in [4.78, 5) is 18.3. The fourth-order valence-electron chi connectivity index (χ4n) is 4.01. The van der Waals surface area contributed by atoms with Gasteiger partial charge in [0.15, 0.2) is 0 Å². The first-order chi connectivity index (χ1) is 11.1. The van der Waals surface area contributed by atoms with Gasteiger partial charge in [-0.05, 0) is 44.9 Å². The Morgan fingerprint density at radius 3 is 2.58 bits per heavy atom. The topological polar surface area (TPSA) is 47.4 Å². The molecule has 1 aliphatic carbocycles. The average molecular weight is 337 g/mol. The van der Waals surface area contributed by atoms with E-state index in [2.05, 4.69) is 31.9 Å². The van der Waals surface area contributed by atoms with Gasteiger partial charge in [-0.2, -0.15) is 9.49 Å². The Labute approximate surface area is 143 Å². The van der Waals surface area contributed by atoms with Crippen LogP contribution >= 0.6 is 0 Å². The number of carbonyl (C=O) groups is 1. The molecule has 2 atom stereocenters. The number of hydrogen-bond acceptors (Lipinski definition) is 3. The average Bonchev–Trinajstić information content (AvgIpc) is 2.71. The lowest BCUT2D eigenvalue weighted by Gasteiger charge is -2.43. The Balaban J connectivity index is 2.32. The van der Waals surface area contributed by atoms with Gasteiger partial charge in [0.05, 0.1) is 18.8 Å². The van der Waals surface area contributed by atoms with E-state index >= 15 is 0 Å². The summed E-state index contributed by atoms with van der Waals surface area (Å²) in [6, 6.07) is -0.180. The number of allylic oxidation sites excluding steroid dienone is 2. The number of aryl methyl sites for hydroxylation is 2. The largest absolute Gasteiger partial charge is 0.284 e. The van der Waals surface area contributed by atoms with Gasteiger partial charge in [0.25, 0.3) is 5.91 Å². The van der Waals surface area contributed by atoms with Gasteiger partial charge in [0, 0.05) is 7.05 Å². The number of rotatable bonds is 4. The highest BCUT2D eigenvalue weighted by Gasteiger charge is 2.40. The third-order valence-corrected chi connectivity index (χ3v) is 5.14. The highest BCUT2D eigenvalue weighted by atomic mass is 19.1. The van der Waals surface area contributed by atoms with Gasteiger partial charge in [-0.15, -0.1) is 0 Å². The third-order valence-electron chi connectivity index (χ3n) is 5.14. The van der Waals surface area contributed by atoms with Crippen molar-refractivity contribution in [2.45, 2.75) is 53.5 Å². The molecule has 2 unspecified atom stereocenters. The van der Waals surface area contributed by atoms with E-state index < -0.39 is 11.9 Å². The lowest BCUT2D eigenvalue weighted by molar-refractivity contribution is -0.140. The Hall–Kier alpha value is -1.69. The molecule has 0 aromatic carbocycles. The van der Waals surface area contributed by atoms with Crippen molar-refractivity contribution in [2.24, 2.45) is 18.4 Å². The summed E-state index contributed by atoms with van der Waals surface area (Å²) in [7, 11) is 2.94. The van der Waals surface area contributed by atoms with E-state index in [-0.39, 0.29) is 22.9 Å². The second-order valence-electron chi connectivity index (χ2n) is 7.39. The molecule has 1 aromatic rings. The first kappa shape index (κ1) is 18.6. The van der Waals surface area contributed by atoms with Crippen LogP contribution in [0, 0.1) is 24.2 Å². The summed E-state index contributed by atoms with van der Waals surface area (Å²) in [6.07, 6.45) is 4.24. The van der Waals surface area contributed by atoms with E-state index in [1.807, 2.05) is 6.92 Å². The zero-order chi connectivity index (χ0) is 18.2. The molecule has 1 heterocycles. The summed E-state index contributed by atoms with van der Waals surface area (Å²) in [5.41, 5.74) is 1.66. The maximum Gasteiger partial charge on any atom is 0.284 e. The van der Waals surface area contributed by atoms with Crippen LogP contribution in [0.5, 0.6) is 0 Å². The molecule has 0 aliphatic heterocycles. The molecule has 5 nitrogen and oxygen atoms in total. The van der Waals surface area contributed by atoms with Gasteiger partial charge < -0.3 is 0 Å². The van der Waals surface area contributed by atoms with Crippen molar-refractivity contribution in [3.63, 3.8) is 0 Å². The monoisotopic (exact) mass is 337 g/mol. The van der Waals surface area contributed by atoms with Crippen LogP contribution in [0.1, 0.15) is 56.6 Å². The number of amides is 1. The highest BCUT2D eigenvalue weighted by Crippen LogP contribution is 2.42. The van der Waals surface area contributed by atoms with Crippen molar-refractivity contribution < 1.29 is 14.0 Å². The minimum atomic E-state index is -0.634. The van der Waals surface area contributed by atoms with Crippen molar-refractivity contribution >= 4 is 5.91 Å². The van der Waals surface area contributed by atoms with Crippen LogP contribution in [0.25, 0.3) is 0 Å². The maximum atomic E-state index is 14.3. The Morgan fingerprint density at radius 1 is 1.50 bits per heavy atom. The van der Waals surface area contributed by atoms with E-state index in [1.165, 1.54) is 24.8 Å². The third kappa shape index (κ3) is 3.24. The minimum absolute atomic E-state index is 0.0217. The molecule has 0 N–H and O–H groups in total. The molecular weight excluding hydrogens is 309 g/mol. The van der Waals surface area contributed by atoms with Gasteiger partial charge in [-0.1, -0.05) is 25.5 Å². The van der Waals surface area contributed by atoms with Crippen LogP contribution in [0.3, 0.4) is 0 Å². The second kappa shape index (κ2) is 6.67. The lowest BCUT2D eigenvalue weighted by atomic mass is 9.68. The van der Waals surface area contributed by atoms with Gasteiger partial charge in [0.1, 0.15) is 5.56 Å². The van der Waals surface area contributed by atoms with Crippen molar-refractivity contribution in [1.82, 2.24) is 14.8 Å². The number of hydrogen-bond donors (Lipinski definition) is 0. The molecule has 0 radical (unpaired) electrons. The predicted octanol–water partition coefficient (Wildman–Crippen LogP) is 3.64. The maximum absolute atomic E-state index is 14.3. The summed E-state index contributed by atoms with van der Waals surface area (Å²) in [5.74, 6) is -0.884. The number of nitrogens with zero attached hydrogens (tertiary/aromatic N) is 3. The van der Waals surface area contributed by atoms with Crippen LogP contribution in [0.2, 0.25) is 0 Å². The van der Waals surface area contributed by atoms with Gasteiger partial charge >= 0.3 is 0 Å². The Bertz CT molecular complexity index is 663. The zero-order valence-corrected chi connectivity index (χ0v) is 15.7. The molecule has 1 amide bonds. The van der Waals surface area contributed by atoms with Crippen LogP contribution in [0.15, 0.2) is 11.6 Å². The van der Waals surface area contributed by atoms with E-state index in [0.717, 1.165) is 17.5 Å². The molecule has 1 aliphatic rings. The van der Waals surface area contributed by atoms with Crippen molar-refractivity contribution in [1.29, 1.82) is 0 Å².